The highest BCUT2D eigenvalue weighted by molar-refractivity contribution is 6.24. The largest absolute Gasteiger partial charge is 0.508 e. The molecule has 1 saturated carbocycles. The van der Waals surface area contributed by atoms with E-state index < -0.39 is 58.0 Å². The molecule has 0 radical (unpaired) electrons. The Labute approximate surface area is 260 Å². The lowest BCUT2D eigenvalue weighted by atomic mass is 9.57. The molecule has 10 heteroatoms. The molecule has 0 saturated heterocycles. The van der Waals surface area contributed by atoms with E-state index in [2.05, 4.69) is 17.4 Å². The number of aliphatic hydroxyl groups is 3. The highest BCUT2D eigenvalue weighted by Crippen LogP contribution is 2.53. The summed E-state index contributed by atoms with van der Waals surface area (Å²) < 4.78 is 0. The van der Waals surface area contributed by atoms with E-state index in [1.165, 1.54) is 16.5 Å². The predicted molar refractivity (Wildman–Crippen MR) is 167 cm³/mol. The minimum atomic E-state index is -2.66. The number of fused-ring (bicyclic) bond motifs is 3. The third-order valence-electron chi connectivity index (χ3n) is 9.37. The molecule has 232 valence electrons. The Morgan fingerprint density at radius 2 is 1.60 bits per heavy atom. The van der Waals surface area contributed by atoms with Crippen LogP contribution in [0.4, 0.5) is 0 Å². The average molecular weight is 610 g/mol. The van der Waals surface area contributed by atoms with Crippen molar-refractivity contribution in [2.75, 3.05) is 14.1 Å². The first kappa shape index (κ1) is 30.3. The van der Waals surface area contributed by atoms with Crippen molar-refractivity contribution in [1.29, 1.82) is 0 Å². The van der Waals surface area contributed by atoms with Crippen LogP contribution >= 0.6 is 0 Å². The quantitative estimate of drug-likeness (QED) is 0.220. The van der Waals surface area contributed by atoms with E-state index in [4.69, 9.17) is 5.73 Å². The number of phenols is 1. The molecule has 45 heavy (non-hydrogen) atoms. The lowest BCUT2D eigenvalue weighted by Gasteiger charge is -2.50. The number of nitrogens with zero attached hydrogens (tertiary/aromatic N) is 1. The van der Waals surface area contributed by atoms with E-state index in [9.17, 15) is 34.8 Å². The van der Waals surface area contributed by atoms with Gasteiger partial charge in [-0.25, -0.2) is 0 Å². The standard InChI is InChI=1S/C35H35N3O7/c1-38(2)29-24-15-21-14-23-22(20-10-8-19(9-11-20)17-37-16-18-6-4-3-5-7-18)12-13-25(39)27(23)30(40)26(21)32(42)35(24,45)33(43)28(31(29)41)34(36)44/h3-13,21,24,29,37,39-40,43,45H,14-17H2,1-2H3,(H2,36,44)/t21-,24-,29-,35-/m0/s1. The normalized spacial score (nSPS) is 24.4. The van der Waals surface area contributed by atoms with E-state index in [-0.39, 0.29) is 29.7 Å². The molecule has 0 heterocycles. The SMILES string of the molecule is CN(C)[C@@H]1C(=O)C(C(N)=O)=C(O)[C@@]2(O)C(=O)C3=C(O)c4c(O)ccc(-c5ccc(CNCc6ccccc6)cc5)c4C[C@H]3C[C@@H]12. The Kier molecular flexibility index (Phi) is 7.60. The second-order valence-electron chi connectivity index (χ2n) is 12.2. The fourth-order valence-corrected chi connectivity index (χ4v) is 7.26. The van der Waals surface area contributed by atoms with Gasteiger partial charge in [0.2, 0.25) is 5.78 Å². The summed E-state index contributed by atoms with van der Waals surface area (Å²) in [5.41, 5.74) is 6.27. The first-order chi connectivity index (χ1) is 21.4. The molecule has 1 fully saturated rings. The van der Waals surface area contributed by atoms with Crippen LogP contribution in [0.15, 0.2) is 83.6 Å². The third kappa shape index (κ3) is 4.82. The van der Waals surface area contributed by atoms with Crippen LogP contribution in [-0.4, -0.2) is 68.5 Å². The van der Waals surface area contributed by atoms with E-state index in [1.807, 2.05) is 42.5 Å². The zero-order valence-corrected chi connectivity index (χ0v) is 24.9. The van der Waals surface area contributed by atoms with Crippen molar-refractivity contribution in [2.24, 2.45) is 17.6 Å². The van der Waals surface area contributed by atoms with E-state index >= 15 is 0 Å². The van der Waals surface area contributed by atoms with Gasteiger partial charge in [-0.3, -0.25) is 19.3 Å². The van der Waals surface area contributed by atoms with Crippen LogP contribution in [0.1, 0.15) is 28.7 Å². The van der Waals surface area contributed by atoms with Crippen LogP contribution in [0.25, 0.3) is 16.9 Å². The number of ketones is 2. The molecule has 0 unspecified atom stereocenters. The summed E-state index contributed by atoms with van der Waals surface area (Å²) in [6.07, 6.45) is 0.255. The average Bonchev–Trinajstić information content (AvgIpc) is 3.00. The molecular formula is C35H35N3O7. The molecule has 1 amide bonds. The highest BCUT2D eigenvalue weighted by Gasteiger charge is 2.64. The Bertz CT molecular complexity index is 1780. The van der Waals surface area contributed by atoms with Crippen molar-refractivity contribution >= 4 is 23.2 Å². The van der Waals surface area contributed by atoms with Crippen molar-refractivity contribution in [1.82, 2.24) is 10.2 Å². The smallest absolute Gasteiger partial charge is 0.255 e. The number of benzene rings is 3. The maximum absolute atomic E-state index is 14.0. The van der Waals surface area contributed by atoms with Gasteiger partial charge in [0.1, 0.15) is 22.8 Å². The van der Waals surface area contributed by atoms with Crippen molar-refractivity contribution in [3.05, 3.63) is 106 Å². The number of aliphatic hydroxyl groups excluding tert-OH is 2. The molecule has 7 N–H and O–H groups in total. The summed E-state index contributed by atoms with van der Waals surface area (Å²) >= 11 is 0. The van der Waals surface area contributed by atoms with Crippen LogP contribution in [0.3, 0.4) is 0 Å². The fourth-order valence-electron chi connectivity index (χ4n) is 7.26. The number of primary amides is 1. The topological polar surface area (TPSA) is 173 Å². The van der Waals surface area contributed by atoms with Crippen LogP contribution in [0.2, 0.25) is 0 Å². The second kappa shape index (κ2) is 11.3. The maximum Gasteiger partial charge on any atom is 0.255 e. The number of likely N-dealkylation sites (N-methyl/N-ethyl adjacent to an activating group) is 1. The summed E-state index contributed by atoms with van der Waals surface area (Å²) in [5.74, 6) is -6.70. The molecule has 3 aliphatic carbocycles. The van der Waals surface area contributed by atoms with Gasteiger partial charge in [-0.1, -0.05) is 60.7 Å². The summed E-state index contributed by atoms with van der Waals surface area (Å²) in [6.45, 7) is 1.39. The molecule has 0 aliphatic heterocycles. The minimum absolute atomic E-state index is 0.0346. The van der Waals surface area contributed by atoms with Crippen LogP contribution < -0.4 is 11.1 Å². The number of hydrogen-bond donors (Lipinski definition) is 6. The Balaban J connectivity index is 1.37. The number of carbonyl (C=O) groups excluding carboxylic acids is 3. The van der Waals surface area contributed by atoms with Gasteiger partial charge in [-0.05, 0) is 66.7 Å². The number of hydrogen-bond acceptors (Lipinski definition) is 9. The van der Waals surface area contributed by atoms with Gasteiger partial charge >= 0.3 is 0 Å². The number of amides is 1. The summed E-state index contributed by atoms with van der Waals surface area (Å²) in [6, 6.07) is 20.1. The molecule has 4 atom stereocenters. The number of aromatic hydroxyl groups is 1. The first-order valence-electron chi connectivity index (χ1n) is 14.8. The third-order valence-corrected chi connectivity index (χ3v) is 9.37. The van der Waals surface area contributed by atoms with Gasteiger partial charge < -0.3 is 31.5 Å². The van der Waals surface area contributed by atoms with Crippen molar-refractivity contribution in [3.63, 3.8) is 0 Å². The lowest BCUT2D eigenvalue weighted by molar-refractivity contribution is -0.153. The van der Waals surface area contributed by atoms with E-state index in [1.54, 1.807) is 20.2 Å². The zero-order chi connectivity index (χ0) is 32.2. The Morgan fingerprint density at radius 1 is 0.956 bits per heavy atom. The maximum atomic E-state index is 14.0. The fraction of sp³-hybridized carbons (Fsp3) is 0.286. The van der Waals surface area contributed by atoms with E-state index in [0.29, 0.717) is 12.1 Å². The lowest BCUT2D eigenvalue weighted by Crippen LogP contribution is -2.65. The molecular weight excluding hydrogens is 574 g/mol. The molecule has 3 aromatic carbocycles. The number of phenolic OH excluding ortho intramolecular Hbond substituents is 1. The van der Waals surface area contributed by atoms with Crippen LogP contribution in [-0.2, 0) is 33.9 Å². The summed E-state index contributed by atoms with van der Waals surface area (Å²) in [5, 5.41) is 48.6. The number of carbonyl (C=O) groups is 3. The van der Waals surface area contributed by atoms with Gasteiger partial charge in [0.15, 0.2) is 11.4 Å². The number of nitrogens with two attached hydrogens (primary N) is 1. The highest BCUT2D eigenvalue weighted by atomic mass is 16.3. The van der Waals surface area contributed by atoms with Crippen molar-refractivity contribution in [2.45, 2.75) is 37.6 Å². The Morgan fingerprint density at radius 3 is 2.22 bits per heavy atom. The zero-order valence-electron chi connectivity index (χ0n) is 24.9. The molecule has 6 rings (SSSR count). The number of nitrogens with one attached hydrogen (secondary N) is 1. The minimum Gasteiger partial charge on any atom is -0.508 e. The molecule has 0 bridgehead atoms. The molecule has 10 nitrogen and oxygen atoms in total. The predicted octanol–water partition coefficient (Wildman–Crippen LogP) is 2.92. The molecule has 0 spiro atoms. The van der Waals surface area contributed by atoms with Gasteiger partial charge in [0, 0.05) is 24.6 Å². The van der Waals surface area contributed by atoms with Gasteiger partial charge in [-0.15, -0.1) is 0 Å². The molecule has 3 aromatic rings. The molecule has 0 aromatic heterocycles. The van der Waals surface area contributed by atoms with E-state index in [0.717, 1.165) is 23.2 Å². The van der Waals surface area contributed by atoms with Crippen LogP contribution in [0.5, 0.6) is 5.75 Å². The number of rotatable bonds is 7. The molecule has 3 aliphatic rings. The summed E-state index contributed by atoms with van der Waals surface area (Å²) in [4.78, 5) is 41.0. The monoisotopic (exact) mass is 609 g/mol. The second-order valence-corrected chi connectivity index (χ2v) is 12.2. The van der Waals surface area contributed by atoms with Crippen LogP contribution in [0, 0.1) is 11.8 Å². The Hall–Kier alpha value is -4.77. The van der Waals surface area contributed by atoms with Crippen molar-refractivity contribution < 1.29 is 34.8 Å². The van der Waals surface area contributed by atoms with Crippen molar-refractivity contribution in [3.8, 4) is 16.9 Å². The van der Waals surface area contributed by atoms with Gasteiger partial charge in [0.25, 0.3) is 5.91 Å². The summed E-state index contributed by atoms with van der Waals surface area (Å²) in [7, 11) is 3.15. The van der Waals surface area contributed by atoms with Gasteiger partial charge in [-0.2, -0.15) is 0 Å². The van der Waals surface area contributed by atoms with Gasteiger partial charge in [0.05, 0.1) is 11.6 Å². The first-order valence-corrected chi connectivity index (χ1v) is 14.8. The number of Topliss-reactive ketones (excluding diaryl/α,β-unsaturated/α-hetero) is 2.